The number of ether oxygens (including phenoxy) is 2. The average Bonchev–Trinajstić information content (AvgIpc) is 3.20. The molecule has 0 radical (unpaired) electrons. The molecule has 0 spiro atoms. The average molecular weight is 404 g/mol. The molecular formula is C21H29N3O3S. The third kappa shape index (κ3) is 5.31. The fourth-order valence-electron chi connectivity index (χ4n) is 3.35. The topological polar surface area (TPSA) is 63.7 Å². The molecule has 28 heavy (non-hydrogen) atoms. The van der Waals surface area contributed by atoms with Crippen molar-refractivity contribution in [3.05, 3.63) is 35.3 Å². The number of amides is 1. The number of thiazole rings is 1. The second-order valence-electron chi connectivity index (χ2n) is 7.17. The third-order valence-corrected chi connectivity index (χ3v) is 5.80. The normalized spacial score (nSPS) is 16.1. The molecule has 152 valence electrons. The summed E-state index contributed by atoms with van der Waals surface area (Å²) in [6.45, 7) is 11.0. The Kier molecular flexibility index (Phi) is 7.42. The monoisotopic (exact) mass is 403 g/mol. The van der Waals surface area contributed by atoms with Crippen molar-refractivity contribution in [2.24, 2.45) is 5.92 Å². The van der Waals surface area contributed by atoms with E-state index < -0.39 is 0 Å². The molecule has 1 aliphatic heterocycles. The molecule has 1 fully saturated rings. The van der Waals surface area contributed by atoms with Gasteiger partial charge in [0.15, 0.2) is 0 Å². The van der Waals surface area contributed by atoms with E-state index in [1.54, 1.807) is 0 Å². The number of rotatable bonds is 8. The lowest BCUT2D eigenvalue weighted by Gasteiger charge is -2.36. The van der Waals surface area contributed by atoms with Gasteiger partial charge in [-0.05, 0) is 37.1 Å². The second kappa shape index (κ2) is 10.0. The Morgan fingerprint density at radius 1 is 1.29 bits per heavy atom. The first-order chi connectivity index (χ1) is 13.6. The molecule has 1 N–H and O–H groups in total. The van der Waals surface area contributed by atoms with Crippen LogP contribution in [-0.2, 0) is 4.74 Å². The molecule has 1 aromatic carbocycles. The van der Waals surface area contributed by atoms with Crippen LogP contribution in [0.1, 0.15) is 31.3 Å². The van der Waals surface area contributed by atoms with Crippen molar-refractivity contribution < 1.29 is 14.3 Å². The molecule has 0 aliphatic carbocycles. The molecule has 2 heterocycles. The van der Waals surface area contributed by atoms with E-state index in [-0.39, 0.29) is 5.91 Å². The van der Waals surface area contributed by atoms with Crippen LogP contribution >= 0.6 is 11.3 Å². The third-order valence-electron chi connectivity index (χ3n) is 4.91. The van der Waals surface area contributed by atoms with Gasteiger partial charge in [0.2, 0.25) is 0 Å². The van der Waals surface area contributed by atoms with Crippen molar-refractivity contribution in [3.63, 3.8) is 0 Å². The molecular weight excluding hydrogens is 374 g/mol. The van der Waals surface area contributed by atoms with Gasteiger partial charge in [-0.15, -0.1) is 11.3 Å². The Labute approximate surface area is 170 Å². The van der Waals surface area contributed by atoms with Gasteiger partial charge >= 0.3 is 0 Å². The summed E-state index contributed by atoms with van der Waals surface area (Å²) < 4.78 is 10.9. The van der Waals surface area contributed by atoms with Crippen molar-refractivity contribution >= 4 is 17.2 Å². The Balaban J connectivity index is 1.60. The van der Waals surface area contributed by atoms with Crippen molar-refractivity contribution in [2.75, 3.05) is 39.5 Å². The molecule has 1 amide bonds. The number of benzene rings is 1. The maximum Gasteiger partial charge on any atom is 0.270 e. The summed E-state index contributed by atoms with van der Waals surface area (Å²) in [4.78, 5) is 19.5. The van der Waals surface area contributed by atoms with Gasteiger partial charge in [-0.2, -0.15) is 0 Å². The van der Waals surface area contributed by atoms with Crippen molar-refractivity contribution in [2.45, 2.75) is 26.8 Å². The summed E-state index contributed by atoms with van der Waals surface area (Å²) in [5.41, 5.74) is 1.46. The molecule has 0 bridgehead atoms. The Hall–Kier alpha value is -1.96. The number of nitrogens with zero attached hydrogens (tertiary/aromatic N) is 2. The molecule has 1 atom stereocenters. The molecule has 1 aromatic heterocycles. The van der Waals surface area contributed by atoms with Gasteiger partial charge in [-0.3, -0.25) is 9.69 Å². The first kappa shape index (κ1) is 20.8. The number of carbonyl (C=O) groups excluding carboxylic acids is 1. The lowest BCUT2D eigenvalue weighted by atomic mass is 10.0. The van der Waals surface area contributed by atoms with E-state index >= 15 is 0 Å². The molecule has 6 nitrogen and oxygen atoms in total. The number of hydrogen-bond donors (Lipinski definition) is 1. The van der Waals surface area contributed by atoms with E-state index in [1.165, 1.54) is 11.3 Å². The van der Waals surface area contributed by atoms with E-state index in [0.717, 1.165) is 42.6 Å². The Morgan fingerprint density at radius 2 is 2.00 bits per heavy atom. The van der Waals surface area contributed by atoms with E-state index in [1.807, 2.05) is 36.6 Å². The molecule has 2 aromatic rings. The number of aromatic nitrogens is 1. The minimum atomic E-state index is -0.118. The van der Waals surface area contributed by atoms with Gasteiger partial charge in [0, 0.05) is 36.6 Å². The zero-order valence-electron chi connectivity index (χ0n) is 16.8. The van der Waals surface area contributed by atoms with Crippen molar-refractivity contribution in [1.29, 1.82) is 0 Å². The highest BCUT2D eigenvalue weighted by Gasteiger charge is 2.24. The Bertz CT molecular complexity index is 755. The highest BCUT2D eigenvalue weighted by Crippen LogP contribution is 2.26. The minimum Gasteiger partial charge on any atom is -0.494 e. The smallest absolute Gasteiger partial charge is 0.270 e. The van der Waals surface area contributed by atoms with Crippen LogP contribution in [0.25, 0.3) is 10.6 Å². The van der Waals surface area contributed by atoms with E-state index in [9.17, 15) is 4.79 Å². The van der Waals surface area contributed by atoms with Gasteiger partial charge in [-0.25, -0.2) is 4.98 Å². The number of hydrogen-bond acceptors (Lipinski definition) is 6. The van der Waals surface area contributed by atoms with Gasteiger partial charge in [0.05, 0.1) is 19.8 Å². The van der Waals surface area contributed by atoms with Gasteiger partial charge < -0.3 is 14.8 Å². The fourth-order valence-corrected chi connectivity index (χ4v) is 4.16. The van der Waals surface area contributed by atoms with E-state index in [0.29, 0.717) is 30.8 Å². The highest BCUT2D eigenvalue weighted by molar-refractivity contribution is 7.13. The van der Waals surface area contributed by atoms with Gasteiger partial charge in [0.1, 0.15) is 16.5 Å². The number of morpholine rings is 1. The van der Waals surface area contributed by atoms with Crippen LogP contribution in [0, 0.1) is 5.92 Å². The predicted octanol–water partition coefficient (Wildman–Crippen LogP) is 3.30. The maximum atomic E-state index is 12.6. The summed E-state index contributed by atoms with van der Waals surface area (Å²) in [6.07, 6.45) is 0. The minimum absolute atomic E-state index is 0.118. The highest BCUT2D eigenvalue weighted by atomic mass is 32.1. The first-order valence-corrected chi connectivity index (χ1v) is 10.7. The van der Waals surface area contributed by atoms with Crippen LogP contribution < -0.4 is 10.1 Å². The largest absolute Gasteiger partial charge is 0.494 e. The first-order valence-electron chi connectivity index (χ1n) is 9.87. The molecule has 1 aliphatic rings. The lowest BCUT2D eigenvalue weighted by Crippen LogP contribution is -2.51. The molecule has 0 saturated carbocycles. The van der Waals surface area contributed by atoms with Gasteiger partial charge in [-0.1, -0.05) is 13.8 Å². The lowest BCUT2D eigenvalue weighted by molar-refractivity contribution is 0.00671. The van der Waals surface area contributed by atoms with Crippen LogP contribution in [0.3, 0.4) is 0 Å². The maximum absolute atomic E-state index is 12.6. The summed E-state index contributed by atoms with van der Waals surface area (Å²) in [7, 11) is 0. The second-order valence-corrected chi connectivity index (χ2v) is 8.02. The fraction of sp³-hybridized carbons (Fsp3) is 0.524. The molecule has 7 heteroatoms. The van der Waals surface area contributed by atoms with Crippen molar-refractivity contribution in [3.8, 4) is 16.3 Å². The van der Waals surface area contributed by atoms with E-state index in [4.69, 9.17) is 9.47 Å². The van der Waals surface area contributed by atoms with Crippen molar-refractivity contribution in [1.82, 2.24) is 15.2 Å². The standard InChI is InChI=1S/C21H29N3O3S/c1-4-27-17-7-5-16(6-8-17)21-23-18(14-28-21)20(25)22-13-19(15(2)3)24-9-11-26-12-10-24/h5-8,14-15,19H,4,9-13H2,1-3H3,(H,22,25). The van der Waals surface area contributed by atoms with E-state index in [2.05, 4.69) is 29.0 Å². The van der Waals surface area contributed by atoms with Crippen LogP contribution in [0.4, 0.5) is 0 Å². The number of nitrogens with one attached hydrogen (secondary N) is 1. The molecule has 1 saturated heterocycles. The molecule has 3 rings (SSSR count). The zero-order chi connectivity index (χ0) is 19.9. The van der Waals surface area contributed by atoms with Crippen LogP contribution in [0.15, 0.2) is 29.6 Å². The summed E-state index contributed by atoms with van der Waals surface area (Å²) in [5.74, 6) is 1.17. The van der Waals surface area contributed by atoms with Crippen LogP contribution in [0.2, 0.25) is 0 Å². The van der Waals surface area contributed by atoms with Crippen LogP contribution in [0.5, 0.6) is 5.75 Å². The summed E-state index contributed by atoms with van der Waals surface area (Å²) in [5, 5.41) is 5.73. The predicted molar refractivity (Wildman–Crippen MR) is 112 cm³/mol. The SMILES string of the molecule is CCOc1ccc(-c2nc(C(=O)NCC(C(C)C)N3CCOCC3)cs2)cc1. The van der Waals surface area contributed by atoms with Gasteiger partial charge in [0.25, 0.3) is 5.91 Å². The summed E-state index contributed by atoms with van der Waals surface area (Å²) in [6, 6.07) is 8.10. The quantitative estimate of drug-likeness (QED) is 0.733. The zero-order valence-corrected chi connectivity index (χ0v) is 17.6. The Morgan fingerprint density at radius 3 is 2.64 bits per heavy atom. The number of carbonyl (C=O) groups is 1. The van der Waals surface area contributed by atoms with Crippen LogP contribution in [-0.4, -0.2) is 61.3 Å². The molecule has 1 unspecified atom stereocenters. The summed E-state index contributed by atoms with van der Waals surface area (Å²) >= 11 is 1.48.